The molecule has 1 aromatic heterocycles. The van der Waals surface area contributed by atoms with Crippen LogP contribution in [0.2, 0.25) is 0 Å². The standard InChI is InChI=1S/C21H24BrN5O3S/c1-14-6-8-16(9-7-14)11-24-31(29,30)18-5-3-4-17(10-18)26-21-23-12-19(22)20(27-21)25-15(2)13-28/h3-10,12,15,24,28H,11,13H2,1-2H3,(H2,23,25,26,27)/t15-/m1/s1. The van der Waals surface area contributed by atoms with Crippen LogP contribution in [-0.4, -0.2) is 36.1 Å². The molecule has 0 aliphatic heterocycles. The van der Waals surface area contributed by atoms with Gasteiger partial charge >= 0.3 is 0 Å². The molecule has 2 aromatic carbocycles. The fourth-order valence-electron chi connectivity index (χ4n) is 2.65. The van der Waals surface area contributed by atoms with Gasteiger partial charge in [-0.05, 0) is 53.5 Å². The number of aliphatic hydroxyl groups excluding tert-OH is 1. The highest BCUT2D eigenvalue weighted by Gasteiger charge is 2.15. The van der Waals surface area contributed by atoms with Crippen LogP contribution in [0.1, 0.15) is 18.1 Å². The maximum atomic E-state index is 12.7. The van der Waals surface area contributed by atoms with Crippen LogP contribution in [0, 0.1) is 6.92 Å². The summed E-state index contributed by atoms with van der Waals surface area (Å²) in [6.07, 6.45) is 1.57. The molecule has 0 aliphatic carbocycles. The van der Waals surface area contributed by atoms with Gasteiger partial charge in [-0.1, -0.05) is 35.9 Å². The number of rotatable bonds is 9. The Hall–Kier alpha value is -2.53. The number of hydrogen-bond acceptors (Lipinski definition) is 7. The van der Waals surface area contributed by atoms with Gasteiger partial charge in [0.05, 0.1) is 16.0 Å². The molecule has 3 aromatic rings. The smallest absolute Gasteiger partial charge is 0.240 e. The summed E-state index contributed by atoms with van der Waals surface area (Å²) in [5.41, 5.74) is 2.52. The third kappa shape index (κ3) is 6.47. The Morgan fingerprint density at radius 2 is 1.90 bits per heavy atom. The Bertz CT molecular complexity index is 1140. The SMILES string of the molecule is Cc1ccc(CNS(=O)(=O)c2cccc(Nc3ncc(Br)c(N[C@H](C)CO)n3)c2)cc1. The van der Waals surface area contributed by atoms with Gasteiger partial charge in [-0.3, -0.25) is 0 Å². The number of aromatic nitrogens is 2. The average molecular weight is 506 g/mol. The van der Waals surface area contributed by atoms with E-state index < -0.39 is 10.0 Å². The quantitative estimate of drug-likeness (QED) is 0.351. The monoisotopic (exact) mass is 505 g/mol. The highest BCUT2D eigenvalue weighted by molar-refractivity contribution is 9.10. The van der Waals surface area contributed by atoms with Crippen molar-refractivity contribution in [2.24, 2.45) is 0 Å². The zero-order valence-corrected chi connectivity index (χ0v) is 19.5. The van der Waals surface area contributed by atoms with Gasteiger partial charge in [-0.15, -0.1) is 0 Å². The summed E-state index contributed by atoms with van der Waals surface area (Å²) < 4.78 is 28.7. The van der Waals surface area contributed by atoms with Crippen LogP contribution >= 0.6 is 15.9 Å². The third-order valence-corrected chi connectivity index (χ3v) is 6.37. The van der Waals surface area contributed by atoms with E-state index in [1.54, 1.807) is 18.3 Å². The molecule has 0 spiro atoms. The molecule has 0 aliphatic rings. The summed E-state index contributed by atoms with van der Waals surface area (Å²) in [4.78, 5) is 8.71. The summed E-state index contributed by atoms with van der Waals surface area (Å²) in [5.74, 6) is 0.806. The van der Waals surface area contributed by atoms with Crippen molar-refractivity contribution in [3.8, 4) is 0 Å². The van der Waals surface area contributed by atoms with Crippen molar-refractivity contribution in [1.29, 1.82) is 0 Å². The number of benzene rings is 2. The predicted octanol–water partition coefficient (Wildman–Crippen LogP) is 3.56. The normalized spacial score (nSPS) is 12.4. The second kappa shape index (κ2) is 10.2. The maximum Gasteiger partial charge on any atom is 0.240 e. The summed E-state index contributed by atoms with van der Waals surface area (Å²) >= 11 is 3.37. The van der Waals surface area contributed by atoms with Crippen molar-refractivity contribution >= 4 is 43.4 Å². The number of aryl methyl sites for hydroxylation is 1. The molecule has 3 rings (SSSR count). The van der Waals surface area contributed by atoms with Crippen molar-refractivity contribution in [3.05, 3.63) is 70.3 Å². The summed E-state index contributed by atoms with van der Waals surface area (Å²) in [6, 6.07) is 13.9. The third-order valence-electron chi connectivity index (χ3n) is 4.39. The lowest BCUT2D eigenvalue weighted by molar-refractivity contribution is 0.281. The predicted molar refractivity (Wildman–Crippen MR) is 125 cm³/mol. The first-order valence-corrected chi connectivity index (χ1v) is 11.9. The van der Waals surface area contributed by atoms with Crippen LogP contribution in [0.4, 0.5) is 17.5 Å². The molecule has 0 saturated heterocycles. The van der Waals surface area contributed by atoms with Gasteiger partial charge in [0.2, 0.25) is 16.0 Å². The van der Waals surface area contributed by atoms with E-state index in [9.17, 15) is 13.5 Å². The molecule has 8 nitrogen and oxygen atoms in total. The van der Waals surface area contributed by atoms with Crippen LogP contribution < -0.4 is 15.4 Å². The Kier molecular flexibility index (Phi) is 7.60. The highest BCUT2D eigenvalue weighted by atomic mass is 79.9. The molecule has 1 atom stereocenters. The molecular weight excluding hydrogens is 482 g/mol. The second-order valence-corrected chi connectivity index (χ2v) is 9.70. The van der Waals surface area contributed by atoms with Crippen molar-refractivity contribution in [1.82, 2.24) is 14.7 Å². The second-order valence-electron chi connectivity index (χ2n) is 7.08. The van der Waals surface area contributed by atoms with E-state index in [0.717, 1.165) is 11.1 Å². The van der Waals surface area contributed by atoms with Gasteiger partial charge in [0, 0.05) is 24.5 Å². The van der Waals surface area contributed by atoms with Gasteiger partial charge in [-0.25, -0.2) is 18.1 Å². The number of nitrogens with zero attached hydrogens (tertiary/aromatic N) is 2. The Labute approximate surface area is 190 Å². The largest absolute Gasteiger partial charge is 0.394 e. The first-order valence-electron chi connectivity index (χ1n) is 9.59. The van der Waals surface area contributed by atoms with Crippen molar-refractivity contribution in [3.63, 3.8) is 0 Å². The number of aliphatic hydroxyl groups is 1. The van der Waals surface area contributed by atoms with E-state index >= 15 is 0 Å². The Morgan fingerprint density at radius 3 is 2.61 bits per heavy atom. The summed E-state index contributed by atoms with van der Waals surface area (Å²) in [6.45, 7) is 3.95. The first kappa shape index (κ1) is 23.1. The molecule has 0 saturated carbocycles. The lowest BCUT2D eigenvalue weighted by Crippen LogP contribution is -2.23. The van der Waals surface area contributed by atoms with E-state index in [0.29, 0.717) is 16.0 Å². The summed E-state index contributed by atoms with van der Waals surface area (Å²) in [5, 5.41) is 15.3. The van der Waals surface area contributed by atoms with Crippen molar-refractivity contribution in [2.45, 2.75) is 31.3 Å². The molecule has 10 heteroatoms. The zero-order chi connectivity index (χ0) is 22.4. The molecular formula is C21H24BrN5O3S. The van der Waals surface area contributed by atoms with E-state index in [-0.39, 0.29) is 30.0 Å². The van der Waals surface area contributed by atoms with Crippen LogP contribution in [0.5, 0.6) is 0 Å². The van der Waals surface area contributed by atoms with Crippen LogP contribution in [0.15, 0.2) is 64.1 Å². The van der Waals surface area contributed by atoms with Crippen LogP contribution in [0.25, 0.3) is 0 Å². The highest BCUT2D eigenvalue weighted by Crippen LogP contribution is 2.23. The lowest BCUT2D eigenvalue weighted by Gasteiger charge is -2.14. The minimum Gasteiger partial charge on any atom is -0.394 e. The molecule has 0 radical (unpaired) electrons. The number of anilines is 3. The first-order chi connectivity index (χ1) is 14.8. The van der Waals surface area contributed by atoms with Gasteiger partial charge in [0.15, 0.2) is 0 Å². The van der Waals surface area contributed by atoms with E-state index in [1.807, 2.05) is 38.1 Å². The van der Waals surface area contributed by atoms with Gasteiger partial charge in [0.1, 0.15) is 5.82 Å². The average Bonchev–Trinajstić information content (AvgIpc) is 2.76. The van der Waals surface area contributed by atoms with Crippen molar-refractivity contribution in [2.75, 3.05) is 17.2 Å². The molecule has 1 heterocycles. The Balaban J connectivity index is 1.73. The zero-order valence-electron chi connectivity index (χ0n) is 17.1. The minimum absolute atomic E-state index is 0.0469. The topological polar surface area (TPSA) is 116 Å². The number of hydrogen-bond donors (Lipinski definition) is 4. The van der Waals surface area contributed by atoms with Gasteiger partial charge in [0.25, 0.3) is 0 Å². The van der Waals surface area contributed by atoms with Crippen molar-refractivity contribution < 1.29 is 13.5 Å². The van der Waals surface area contributed by atoms with Crippen LogP contribution in [-0.2, 0) is 16.6 Å². The minimum atomic E-state index is -3.70. The van der Waals surface area contributed by atoms with E-state index in [1.165, 1.54) is 12.1 Å². The van der Waals surface area contributed by atoms with E-state index in [2.05, 4.69) is 41.3 Å². The maximum absolute atomic E-state index is 12.7. The molecule has 0 unspecified atom stereocenters. The number of sulfonamides is 1. The molecule has 0 amide bonds. The fourth-order valence-corrected chi connectivity index (χ4v) is 4.01. The molecule has 0 bridgehead atoms. The summed E-state index contributed by atoms with van der Waals surface area (Å²) in [7, 11) is -3.70. The molecule has 31 heavy (non-hydrogen) atoms. The number of nitrogens with one attached hydrogen (secondary N) is 3. The van der Waals surface area contributed by atoms with Crippen LogP contribution in [0.3, 0.4) is 0 Å². The molecule has 0 fully saturated rings. The molecule has 164 valence electrons. The van der Waals surface area contributed by atoms with E-state index in [4.69, 9.17) is 0 Å². The fraction of sp³-hybridized carbons (Fsp3) is 0.238. The van der Waals surface area contributed by atoms with Gasteiger partial charge in [-0.2, -0.15) is 4.98 Å². The lowest BCUT2D eigenvalue weighted by atomic mass is 10.2. The van der Waals surface area contributed by atoms with Gasteiger partial charge < -0.3 is 15.7 Å². The Morgan fingerprint density at radius 1 is 1.16 bits per heavy atom. The molecule has 4 N–H and O–H groups in total. The number of halogens is 1.